The molecule has 0 bridgehead atoms. The summed E-state index contributed by atoms with van der Waals surface area (Å²) in [4.78, 5) is 22.0. The molecule has 0 saturated carbocycles. The van der Waals surface area contributed by atoms with Gasteiger partial charge in [-0.15, -0.1) is 0 Å². The van der Waals surface area contributed by atoms with Crippen LogP contribution in [0.2, 0.25) is 0 Å². The van der Waals surface area contributed by atoms with E-state index in [1.807, 2.05) is 67.6 Å². The zero-order valence-electron chi connectivity index (χ0n) is 18.2. The fraction of sp³-hybridized carbons (Fsp3) is 0.231. The third-order valence-corrected chi connectivity index (χ3v) is 5.50. The first-order valence-corrected chi connectivity index (χ1v) is 10.8. The standard InChI is InChI=1S/C26H27FN4O/c1-20-10-12-22(13-11-20)25(32)29-26(28-24-8-3-2-4-9-24)31-16-14-30(15-17-31)19-21-6-5-7-23(27)18-21/h2-13,18H,14-17,19H2,1H3,(H,28,29,32). The van der Waals surface area contributed by atoms with Crippen LogP contribution in [0.4, 0.5) is 10.1 Å². The summed E-state index contributed by atoms with van der Waals surface area (Å²) in [6, 6.07) is 23.8. The highest BCUT2D eigenvalue weighted by molar-refractivity contribution is 6.06. The van der Waals surface area contributed by atoms with Gasteiger partial charge in [0.15, 0.2) is 0 Å². The first-order chi connectivity index (χ1) is 15.6. The molecule has 1 amide bonds. The van der Waals surface area contributed by atoms with Crippen LogP contribution in [0.25, 0.3) is 0 Å². The van der Waals surface area contributed by atoms with E-state index in [1.54, 1.807) is 12.1 Å². The highest BCUT2D eigenvalue weighted by atomic mass is 19.1. The molecule has 3 aromatic rings. The summed E-state index contributed by atoms with van der Waals surface area (Å²) >= 11 is 0. The summed E-state index contributed by atoms with van der Waals surface area (Å²) in [6.45, 7) is 5.72. The van der Waals surface area contributed by atoms with Crippen LogP contribution in [0.1, 0.15) is 21.5 Å². The van der Waals surface area contributed by atoms with E-state index in [2.05, 4.69) is 15.1 Å². The van der Waals surface area contributed by atoms with Crippen LogP contribution in [-0.2, 0) is 6.54 Å². The van der Waals surface area contributed by atoms with E-state index < -0.39 is 0 Å². The summed E-state index contributed by atoms with van der Waals surface area (Å²) < 4.78 is 13.5. The lowest BCUT2D eigenvalue weighted by molar-refractivity contribution is 0.0967. The third-order valence-electron chi connectivity index (χ3n) is 5.50. The fourth-order valence-corrected chi connectivity index (χ4v) is 3.69. The number of hydrogen-bond donors (Lipinski definition) is 1. The Morgan fingerprint density at radius 3 is 2.34 bits per heavy atom. The predicted molar refractivity (Wildman–Crippen MR) is 125 cm³/mol. The van der Waals surface area contributed by atoms with Crippen LogP contribution >= 0.6 is 0 Å². The fourth-order valence-electron chi connectivity index (χ4n) is 3.69. The van der Waals surface area contributed by atoms with Crippen LogP contribution in [-0.4, -0.2) is 47.8 Å². The minimum absolute atomic E-state index is 0.179. The van der Waals surface area contributed by atoms with Crippen molar-refractivity contribution in [3.63, 3.8) is 0 Å². The summed E-state index contributed by atoms with van der Waals surface area (Å²) in [5.41, 5.74) is 3.45. The molecular formula is C26H27FN4O. The molecule has 0 radical (unpaired) electrons. The third kappa shape index (κ3) is 5.80. The molecule has 1 N–H and O–H groups in total. The molecule has 32 heavy (non-hydrogen) atoms. The number of rotatable bonds is 4. The molecule has 0 aliphatic carbocycles. The van der Waals surface area contributed by atoms with Gasteiger partial charge < -0.3 is 4.90 Å². The molecule has 1 heterocycles. The number of nitrogens with one attached hydrogen (secondary N) is 1. The van der Waals surface area contributed by atoms with E-state index in [9.17, 15) is 9.18 Å². The number of para-hydroxylation sites is 1. The normalized spacial score (nSPS) is 14.9. The van der Waals surface area contributed by atoms with Crippen LogP contribution in [0.15, 0.2) is 83.9 Å². The summed E-state index contributed by atoms with van der Waals surface area (Å²) in [6.07, 6.45) is 0. The Labute approximate surface area is 188 Å². The minimum Gasteiger partial charge on any atom is -0.340 e. The van der Waals surface area contributed by atoms with Gasteiger partial charge in [0.05, 0.1) is 5.69 Å². The zero-order valence-corrected chi connectivity index (χ0v) is 18.2. The Hall–Kier alpha value is -3.51. The van der Waals surface area contributed by atoms with E-state index in [1.165, 1.54) is 6.07 Å². The average Bonchev–Trinajstić information content (AvgIpc) is 2.80. The van der Waals surface area contributed by atoms with Crippen molar-refractivity contribution in [2.75, 3.05) is 26.2 Å². The Bertz CT molecular complexity index is 1070. The minimum atomic E-state index is -0.211. The maximum Gasteiger partial charge on any atom is 0.257 e. The van der Waals surface area contributed by atoms with Crippen LogP contribution in [0, 0.1) is 12.7 Å². The van der Waals surface area contributed by atoms with Crippen molar-refractivity contribution in [3.8, 4) is 0 Å². The van der Waals surface area contributed by atoms with Crippen molar-refractivity contribution in [2.24, 2.45) is 4.99 Å². The second-order valence-corrected chi connectivity index (χ2v) is 7.98. The lowest BCUT2D eigenvalue weighted by Gasteiger charge is -2.36. The molecule has 6 heteroatoms. The summed E-state index contributed by atoms with van der Waals surface area (Å²) in [5.74, 6) is 0.159. The van der Waals surface area contributed by atoms with Gasteiger partial charge in [-0.1, -0.05) is 48.0 Å². The number of nitrogens with zero attached hydrogens (tertiary/aromatic N) is 3. The lowest BCUT2D eigenvalue weighted by atomic mass is 10.1. The van der Waals surface area contributed by atoms with E-state index in [-0.39, 0.29) is 11.7 Å². The number of halogens is 1. The second kappa shape index (κ2) is 10.2. The molecule has 0 aromatic heterocycles. The number of aliphatic imine (C=N–C) groups is 1. The molecule has 1 aliphatic heterocycles. The van der Waals surface area contributed by atoms with Gasteiger partial charge in [0.25, 0.3) is 5.91 Å². The summed E-state index contributed by atoms with van der Waals surface area (Å²) in [7, 11) is 0. The van der Waals surface area contributed by atoms with Gasteiger partial charge in [0.1, 0.15) is 5.82 Å². The number of benzene rings is 3. The molecule has 1 saturated heterocycles. The van der Waals surface area contributed by atoms with Crippen molar-refractivity contribution in [1.82, 2.24) is 15.1 Å². The molecule has 0 spiro atoms. The molecular weight excluding hydrogens is 403 g/mol. The zero-order chi connectivity index (χ0) is 22.3. The number of aryl methyl sites for hydroxylation is 1. The Morgan fingerprint density at radius 2 is 1.66 bits per heavy atom. The van der Waals surface area contributed by atoms with Crippen molar-refractivity contribution in [2.45, 2.75) is 13.5 Å². The Kier molecular flexibility index (Phi) is 6.92. The number of carbonyl (C=O) groups is 1. The topological polar surface area (TPSA) is 47.9 Å². The van der Waals surface area contributed by atoms with Gasteiger partial charge in [-0.3, -0.25) is 15.0 Å². The van der Waals surface area contributed by atoms with Crippen molar-refractivity contribution in [3.05, 3.63) is 101 Å². The Morgan fingerprint density at radius 1 is 0.938 bits per heavy atom. The van der Waals surface area contributed by atoms with Crippen LogP contribution < -0.4 is 5.32 Å². The maximum atomic E-state index is 13.5. The summed E-state index contributed by atoms with van der Waals surface area (Å²) in [5, 5.41) is 3.01. The highest BCUT2D eigenvalue weighted by Gasteiger charge is 2.22. The van der Waals surface area contributed by atoms with Crippen molar-refractivity contribution < 1.29 is 9.18 Å². The predicted octanol–water partition coefficient (Wildman–Crippen LogP) is 4.37. The van der Waals surface area contributed by atoms with Gasteiger partial charge in [0.2, 0.25) is 5.96 Å². The Balaban J connectivity index is 1.46. The van der Waals surface area contributed by atoms with Gasteiger partial charge in [-0.2, -0.15) is 0 Å². The van der Waals surface area contributed by atoms with E-state index in [0.29, 0.717) is 18.1 Å². The highest BCUT2D eigenvalue weighted by Crippen LogP contribution is 2.14. The molecule has 4 rings (SSSR count). The van der Waals surface area contributed by atoms with Gasteiger partial charge >= 0.3 is 0 Å². The molecule has 164 valence electrons. The van der Waals surface area contributed by atoms with Gasteiger partial charge in [0, 0.05) is 38.3 Å². The lowest BCUT2D eigenvalue weighted by Crippen LogP contribution is -2.53. The SMILES string of the molecule is Cc1ccc(C(=O)NC(=Nc2ccccc2)N2CCN(Cc3cccc(F)c3)CC2)cc1. The quantitative estimate of drug-likeness (QED) is 0.494. The van der Waals surface area contributed by atoms with Gasteiger partial charge in [-0.25, -0.2) is 9.38 Å². The maximum absolute atomic E-state index is 13.5. The molecule has 1 aliphatic rings. The molecule has 0 unspecified atom stereocenters. The number of carbonyl (C=O) groups excluding carboxylic acids is 1. The second-order valence-electron chi connectivity index (χ2n) is 7.98. The van der Waals surface area contributed by atoms with E-state index >= 15 is 0 Å². The molecule has 5 nitrogen and oxygen atoms in total. The van der Waals surface area contributed by atoms with E-state index in [4.69, 9.17) is 4.99 Å². The monoisotopic (exact) mass is 430 g/mol. The average molecular weight is 431 g/mol. The number of guanidine groups is 1. The largest absolute Gasteiger partial charge is 0.340 e. The van der Waals surface area contributed by atoms with Crippen LogP contribution in [0.5, 0.6) is 0 Å². The smallest absolute Gasteiger partial charge is 0.257 e. The first-order valence-electron chi connectivity index (χ1n) is 10.8. The van der Waals surface area contributed by atoms with Crippen LogP contribution in [0.3, 0.4) is 0 Å². The molecule has 1 fully saturated rings. The van der Waals surface area contributed by atoms with Crippen molar-refractivity contribution >= 4 is 17.6 Å². The number of hydrogen-bond acceptors (Lipinski definition) is 3. The van der Waals surface area contributed by atoms with Crippen molar-refractivity contribution in [1.29, 1.82) is 0 Å². The number of piperazine rings is 1. The molecule has 3 aromatic carbocycles. The first kappa shape index (κ1) is 21.7. The number of amides is 1. The molecule has 0 atom stereocenters. The van der Waals surface area contributed by atoms with Gasteiger partial charge in [-0.05, 0) is 48.9 Å². The van der Waals surface area contributed by atoms with E-state index in [0.717, 1.165) is 43.0 Å².